The summed E-state index contributed by atoms with van der Waals surface area (Å²) in [6.07, 6.45) is 0.876. The number of urea groups is 1. The van der Waals surface area contributed by atoms with Crippen LogP contribution in [0.3, 0.4) is 0 Å². The van der Waals surface area contributed by atoms with E-state index in [0.717, 1.165) is 10.7 Å². The maximum atomic E-state index is 11.6. The summed E-state index contributed by atoms with van der Waals surface area (Å²) in [5.74, 6) is -0.944. The van der Waals surface area contributed by atoms with Crippen molar-refractivity contribution in [2.75, 3.05) is 13.1 Å². The molecule has 0 spiro atoms. The molecule has 2 rings (SSSR count). The molecular formula is C13H19N3O4S. The van der Waals surface area contributed by atoms with Crippen LogP contribution in [0.5, 0.6) is 0 Å². The van der Waals surface area contributed by atoms with Gasteiger partial charge < -0.3 is 20.5 Å². The molecule has 2 unspecified atom stereocenters. The van der Waals surface area contributed by atoms with Gasteiger partial charge in [0.1, 0.15) is 0 Å². The normalized spacial score (nSPS) is 21.2. The van der Waals surface area contributed by atoms with Crippen molar-refractivity contribution in [3.05, 3.63) is 16.1 Å². The lowest BCUT2D eigenvalue weighted by atomic mass is 10.2. The average molecular weight is 313 g/mol. The van der Waals surface area contributed by atoms with E-state index in [2.05, 4.69) is 15.6 Å². The van der Waals surface area contributed by atoms with E-state index in [4.69, 9.17) is 9.84 Å². The summed E-state index contributed by atoms with van der Waals surface area (Å²) in [4.78, 5) is 26.6. The van der Waals surface area contributed by atoms with Gasteiger partial charge in [-0.25, -0.2) is 14.6 Å². The number of ether oxygens (including phenoxy) is 1. The first-order chi connectivity index (χ1) is 10.0. The minimum absolute atomic E-state index is 0.224. The third kappa shape index (κ3) is 4.98. The molecule has 0 saturated carbocycles. The summed E-state index contributed by atoms with van der Waals surface area (Å²) in [5, 5.41) is 17.2. The Bertz CT molecular complexity index is 505. The monoisotopic (exact) mass is 313 g/mol. The molecule has 2 amide bonds. The summed E-state index contributed by atoms with van der Waals surface area (Å²) in [6.45, 7) is 2.78. The number of nitrogens with one attached hydrogen (secondary N) is 2. The minimum Gasteiger partial charge on any atom is -0.479 e. The Balaban J connectivity index is 1.59. The van der Waals surface area contributed by atoms with E-state index in [1.54, 1.807) is 11.3 Å². The van der Waals surface area contributed by atoms with E-state index < -0.39 is 12.1 Å². The zero-order valence-corrected chi connectivity index (χ0v) is 12.6. The van der Waals surface area contributed by atoms with Crippen molar-refractivity contribution in [1.29, 1.82) is 0 Å². The Labute approximate surface area is 126 Å². The molecule has 7 nitrogen and oxygen atoms in total. The zero-order valence-electron chi connectivity index (χ0n) is 11.8. The molecule has 21 heavy (non-hydrogen) atoms. The van der Waals surface area contributed by atoms with Crippen LogP contribution >= 0.6 is 11.3 Å². The van der Waals surface area contributed by atoms with Gasteiger partial charge in [0, 0.05) is 30.6 Å². The summed E-state index contributed by atoms with van der Waals surface area (Å²) in [5.41, 5.74) is 0.991. The number of carbonyl (C=O) groups excluding carboxylic acids is 1. The number of carboxylic acids is 1. The molecule has 1 aliphatic rings. The van der Waals surface area contributed by atoms with Crippen molar-refractivity contribution >= 4 is 23.3 Å². The highest BCUT2D eigenvalue weighted by atomic mass is 32.1. The summed E-state index contributed by atoms with van der Waals surface area (Å²) in [6, 6.07) is -0.273. The van der Waals surface area contributed by atoms with Crippen LogP contribution in [-0.2, 0) is 16.0 Å². The number of aryl methyl sites for hydroxylation is 1. The highest BCUT2D eigenvalue weighted by Gasteiger charge is 2.30. The Morgan fingerprint density at radius 2 is 2.29 bits per heavy atom. The molecule has 0 aromatic carbocycles. The van der Waals surface area contributed by atoms with Crippen LogP contribution in [0.4, 0.5) is 4.79 Å². The number of amides is 2. The number of hydrogen-bond donors (Lipinski definition) is 3. The standard InChI is InChI=1S/C13H19N3O4S/c1-8-7-21-11(16-8)4-5-14-13(19)15-6-9-2-3-10(20-9)12(17)18/h7,9-10H,2-6H2,1H3,(H,17,18)(H2,14,15,19). The molecule has 0 radical (unpaired) electrons. The fourth-order valence-electron chi connectivity index (χ4n) is 2.11. The Morgan fingerprint density at radius 1 is 1.48 bits per heavy atom. The number of aliphatic carboxylic acids is 1. The Morgan fingerprint density at radius 3 is 2.90 bits per heavy atom. The first kappa shape index (κ1) is 15.7. The van der Waals surface area contributed by atoms with Crippen LogP contribution in [0, 0.1) is 6.92 Å². The van der Waals surface area contributed by atoms with E-state index >= 15 is 0 Å². The molecule has 8 heteroatoms. The van der Waals surface area contributed by atoms with Gasteiger partial charge in [-0.2, -0.15) is 0 Å². The third-order valence-electron chi connectivity index (χ3n) is 3.16. The van der Waals surface area contributed by atoms with Crippen molar-refractivity contribution < 1.29 is 19.4 Å². The smallest absolute Gasteiger partial charge is 0.332 e. The van der Waals surface area contributed by atoms with Crippen molar-refractivity contribution in [3.63, 3.8) is 0 Å². The van der Waals surface area contributed by atoms with Crippen LogP contribution in [0.15, 0.2) is 5.38 Å². The topological polar surface area (TPSA) is 101 Å². The van der Waals surface area contributed by atoms with Crippen molar-refractivity contribution in [2.24, 2.45) is 0 Å². The van der Waals surface area contributed by atoms with E-state index in [0.29, 0.717) is 32.4 Å². The maximum Gasteiger partial charge on any atom is 0.332 e. The fourth-order valence-corrected chi connectivity index (χ4v) is 2.88. The molecule has 1 aromatic heterocycles. The lowest BCUT2D eigenvalue weighted by Gasteiger charge is -2.12. The first-order valence-electron chi connectivity index (χ1n) is 6.85. The van der Waals surface area contributed by atoms with Crippen LogP contribution in [-0.4, -0.2) is 47.4 Å². The van der Waals surface area contributed by atoms with Crippen molar-refractivity contribution in [2.45, 2.75) is 38.4 Å². The Hall–Kier alpha value is -1.67. The van der Waals surface area contributed by atoms with Crippen molar-refractivity contribution in [3.8, 4) is 0 Å². The number of carbonyl (C=O) groups is 2. The highest BCUT2D eigenvalue weighted by Crippen LogP contribution is 2.19. The second-order valence-corrected chi connectivity index (χ2v) is 5.87. The van der Waals surface area contributed by atoms with E-state index in [1.165, 1.54) is 0 Å². The molecule has 2 heterocycles. The van der Waals surface area contributed by atoms with Gasteiger partial charge in [-0.1, -0.05) is 0 Å². The molecule has 1 aliphatic heterocycles. The zero-order chi connectivity index (χ0) is 15.2. The average Bonchev–Trinajstić information content (AvgIpc) is 3.05. The minimum atomic E-state index is -0.944. The third-order valence-corrected chi connectivity index (χ3v) is 4.19. The van der Waals surface area contributed by atoms with Crippen molar-refractivity contribution in [1.82, 2.24) is 15.6 Å². The van der Waals surface area contributed by atoms with Crippen LogP contribution < -0.4 is 10.6 Å². The number of thiazole rings is 1. The summed E-state index contributed by atoms with van der Waals surface area (Å²) < 4.78 is 5.30. The van der Waals surface area contributed by atoms with Crippen LogP contribution in [0.2, 0.25) is 0 Å². The van der Waals surface area contributed by atoms with Gasteiger partial charge in [-0.3, -0.25) is 0 Å². The maximum absolute atomic E-state index is 11.6. The van der Waals surface area contributed by atoms with Gasteiger partial charge in [0.25, 0.3) is 0 Å². The molecule has 1 fully saturated rings. The van der Waals surface area contributed by atoms with Gasteiger partial charge in [0.15, 0.2) is 6.10 Å². The fraction of sp³-hybridized carbons (Fsp3) is 0.615. The second-order valence-electron chi connectivity index (χ2n) is 4.93. The molecule has 3 N–H and O–H groups in total. The van der Waals surface area contributed by atoms with Crippen LogP contribution in [0.25, 0.3) is 0 Å². The van der Waals surface area contributed by atoms with Gasteiger partial charge in [-0.05, 0) is 19.8 Å². The second kappa shape index (κ2) is 7.37. The van der Waals surface area contributed by atoms with Gasteiger partial charge in [0.05, 0.1) is 11.1 Å². The van der Waals surface area contributed by atoms with E-state index in [1.807, 2.05) is 12.3 Å². The molecular weight excluding hydrogens is 294 g/mol. The number of nitrogens with zero attached hydrogens (tertiary/aromatic N) is 1. The number of aromatic nitrogens is 1. The van der Waals surface area contributed by atoms with E-state index in [9.17, 15) is 9.59 Å². The lowest BCUT2D eigenvalue weighted by Crippen LogP contribution is -2.40. The van der Waals surface area contributed by atoms with E-state index in [-0.39, 0.29) is 12.1 Å². The SMILES string of the molecule is Cc1csc(CCNC(=O)NCC2CCC(C(=O)O)O2)n1. The number of rotatable bonds is 6. The molecule has 1 aromatic rings. The first-order valence-corrected chi connectivity index (χ1v) is 7.73. The quantitative estimate of drug-likeness (QED) is 0.725. The number of carboxylic acid groups (broad SMARTS) is 1. The molecule has 0 bridgehead atoms. The highest BCUT2D eigenvalue weighted by molar-refractivity contribution is 7.09. The predicted molar refractivity (Wildman–Crippen MR) is 77.5 cm³/mol. The largest absolute Gasteiger partial charge is 0.479 e. The summed E-state index contributed by atoms with van der Waals surface area (Å²) >= 11 is 1.58. The molecule has 1 saturated heterocycles. The van der Waals surface area contributed by atoms with Crippen LogP contribution in [0.1, 0.15) is 23.5 Å². The molecule has 2 atom stereocenters. The number of hydrogen-bond acceptors (Lipinski definition) is 5. The van der Waals surface area contributed by atoms with Gasteiger partial charge in [0.2, 0.25) is 0 Å². The Kier molecular flexibility index (Phi) is 5.51. The van der Waals surface area contributed by atoms with Gasteiger partial charge >= 0.3 is 12.0 Å². The summed E-state index contributed by atoms with van der Waals surface area (Å²) in [7, 11) is 0. The molecule has 0 aliphatic carbocycles. The predicted octanol–water partition coefficient (Wildman–Crippen LogP) is 0.925. The lowest BCUT2D eigenvalue weighted by molar-refractivity contribution is -0.149. The molecule has 116 valence electrons. The van der Waals surface area contributed by atoms with Gasteiger partial charge in [-0.15, -0.1) is 11.3 Å².